The van der Waals surface area contributed by atoms with Crippen molar-refractivity contribution in [3.8, 4) is 5.75 Å². The van der Waals surface area contributed by atoms with E-state index in [-0.39, 0.29) is 5.91 Å². The number of benzene rings is 1. The number of carbonyl (C=O) groups is 1. The number of aromatic amines is 1. The third-order valence-corrected chi connectivity index (χ3v) is 3.51. The molecule has 0 saturated carbocycles. The highest BCUT2D eigenvalue weighted by Crippen LogP contribution is 2.26. The number of fused-ring (bicyclic) bond motifs is 1. The lowest BCUT2D eigenvalue weighted by Gasteiger charge is -2.18. The molecule has 0 unspecified atom stereocenters. The number of imidazole rings is 1. The zero-order valence-electron chi connectivity index (χ0n) is 10.1. The number of rotatable bonds is 1. The predicted molar refractivity (Wildman–Crippen MR) is 73.0 cm³/mol. The molecule has 2 aromatic rings. The van der Waals surface area contributed by atoms with Gasteiger partial charge in [0.05, 0.1) is 19.1 Å². The van der Waals surface area contributed by atoms with Crippen LogP contribution in [0.15, 0.2) is 35.2 Å². The van der Waals surface area contributed by atoms with E-state index in [2.05, 4.69) is 25.9 Å². The number of hydrogen-bond donors (Lipinski definition) is 1. The minimum absolute atomic E-state index is 0.0612. The molecule has 98 valence electrons. The van der Waals surface area contributed by atoms with E-state index in [0.717, 1.165) is 15.8 Å². The lowest BCUT2D eigenvalue weighted by molar-refractivity contribution is 0.0728. The maximum atomic E-state index is 12.3. The van der Waals surface area contributed by atoms with Crippen LogP contribution in [-0.4, -0.2) is 33.9 Å². The first-order valence-electron chi connectivity index (χ1n) is 5.93. The number of hydrogen-bond acceptors (Lipinski definition) is 3. The van der Waals surface area contributed by atoms with Gasteiger partial charge in [0, 0.05) is 16.6 Å². The first-order chi connectivity index (χ1) is 9.24. The molecule has 3 rings (SSSR count). The predicted octanol–water partition coefficient (Wildman–Crippen LogP) is 2.21. The SMILES string of the molecule is O=C(c1cnc[nH]1)N1CCOc2ccc(Br)cc2C1. The van der Waals surface area contributed by atoms with Gasteiger partial charge in [-0.25, -0.2) is 4.98 Å². The Hall–Kier alpha value is -1.82. The fraction of sp³-hybridized carbons (Fsp3) is 0.231. The first kappa shape index (κ1) is 12.2. The van der Waals surface area contributed by atoms with Crippen LogP contribution in [-0.2, 0) is 6.54 Å². The van der Waals surface area contributed by atoms with Crippen molar-refractivity contribution < 1.29 is 9.53 Å². The number of H-pyrrole nitrogens is 1. The molecular weight excluding hydrogens is 310 g/mol. The molecule has 0 bridgehead atoms. The molecule has 1 amide bonds. The normalized spacial score (nSPS) is 14.5. The average molecular weight is 322 g/mol. The van der Waals surface area contributed by atoms with Gasteiger partial charge >= 0.3 is 0 Å². The topological polar surface area (TPSA) is 58.2 Å². The van der Waals surface area contributed by atoms with Crippen molar-refractivity contribution in [1.29, 1.82) is 0 Å². The van der Waals surface area contributed by atoms with Crippen LogP contribution in [0, 0.1) is 0 Å². The Morgan fingerprint density at radius 3 is 3.16 bits per heavy atom. The molecule has 0 fully saturated rings. The van der Waals surface area contributed by atoms with Crippen LogP contribution in [0.3, 0.4) is 0 Å². The molecule has 2 heterocycles. The Kier molecular flexibility index (Phi) is 3.25. The average Bonchev–Trinajstić information content (AvgIpc) is 2.85. The summed E-state index contributed by atoms with van der Waals surface area (Å²) in [5, 5.41) is 0. The summed E-state index contributed by atoms with van der Waals surface area (Å²) >= 11 is 3.44. The monoisotopic (exact) mass is 321 g/mol. The molecule has 1 aliphatic heterocycles. The zero-order chi connectivity index (χ0) is 13.2. The zero-order valence-corrected chi connectivity index (χ0v) is 11.7. The summed E-state index contributed by atoms with van der Waals surface area (Å²) in [5.41, 5.74) is 1.50. The molecule has 1 aromatic heterocycles. The molecule has 1 aromatic carbocycles. The fourth-order valence-corrected chi connectivity index (χ4v) is 2.49. The molecule has 0 spiro atoms. The van der Waals surface area contributed by atoms with Crippen LogP contribution in [0.4, 0.5) is 0 Å². The summed E-state index contributed by atoms with van der Waals surface area (Å²) in [6.07, 6.45) is 3.04. The standard InChI is InChI=1S/C13H12BrN3O2/c14-10-1-2-12-9(5-10)7-17(3-4-19-12)13(18)11-6-15-8-16-11/h1-2,5-6,8H,3-4,7H2,(H,15,16). The Morgan fingerprint density at radius 1 is 1.47 bits per heavy atom. The molecular formula is C13H12BrN3O2. The summed E-state index contributed by atoms with van der Waals surface area (Å²) in [5.74, 6) is 0.775. The van der Waals surface area contributed by atoms with Crippen molar-refractivity contribution in [2.24, 2.45) is 0 Å². The van der Waals surface area contributed by atoms with Crippen molar-refractivity contribution in [2.45, 2.75) is 6.54 Å². The molecule has 1 aliphatic rings. The van der Waals surface area contributed by atoms with Gasteiger partial charge in [0.1, 0.15) is 18.1 Å². The van der Waals surface area contributed by atoms with Crippen LogP contribution in [0.5, 0.6) is 5.75 Å². The number of ether oxygens (including phenoxy) is 1. The highest BCUT2D eigenvalue weighted by molar-refractivity contribution is 9.10. The van der Waals surface area contributed by atoms with Gasteiger partial charge in [0.25, 0.3) is 5.91 Å². The Morgan fingerprint density at radius 2 is 2.37 bits per heavy atom. The van der Waals surface area contributed by atoms with Gasteiger partial charge in [-0.2, -0.15) is 0 Å². The summed E-state index contributed by atoms with van der Waals surface area (Å²) in [6.45, 7) is 1.59. The molecule has 6 heteroatoms. The Labute approximate surface area is 118 Å². The highest BCUT2D eigenvalue weighted by atomic mass is 79.9. The van der Waals surface area contributed by atoms with Gasteiger partial charge in [-0.15, -0.1) is 0 Å². The van der Waals surface area contributed by atoms with Gasteiger partial charge in [-0.05, 0) is 18.2 Å². The van der Waals surface area contributed by atoms with Crippen LogP contribution >= 0.6 is 15.9 Å². The van der Waals surface area contributed by atoms with Crippen molar-refractivity contribution in [2.75, 3.05) is 13.2 Å². The van der Waals surface area contributed by atoms with E-state index in [1.807, 2.05) is 18.2 Å². The number of amides is 1. The first-order valence-corrected chi connectivity index (χ1v) is 6.72. The van der Waals surface area contributed by atoms with Crippen molar-refractivity contribution in [3.63, 3.8) is 0 Å². The van der Waals surface area contributed by atoms with Gasteiger partial charge in [-0.1, -0.05) is 15.9 Å². The van der Waals surface area contributed by atoms with Gasteiger partial charge in [-0.3, -0.25) is 4.79 Å². The van der Waals surface area contributed by atoms with Crippen molar-refractivity contribution in [1.82, 2.24) is 14.9 Å². The smallest absolute Gasteiger partial charge is 0.272 e. The molecule has 0 atom stereocenters. The summed E-state index contributed by atoms with van der Waals surface area (Å²) in [4.78, 5) is 20.8. The summed E-state index contributed by atoms with van der Waals surface area (Å²) < 4.78 is 6.64. The maximum Gasteiger partial charge on any atom is 0.272 e. The Bertz CT molecular complexity index is 598. The van der Waals surface area contributed by atoms with Crippen LogP contribution in [0.25, 0.3) is 0 Å². The van der Waals surface area contributed by atoms with E-state index in [0.29, 0.717) is 25.4 Å². The van der Waals surface area contributed by atoms with Crippen LogP contribution in [0.1, 0.15) is 16.1 Å². The van der Waals surface area contributed by atoms with Crippen molar-refractivity contribution >= 4 is 21.8 Å². The molecule has 0 radical (unpaired) electrons. The second-order valence-electron chi connectivity index (χ2n) is 4.29. The van der Waals surface area contributed by atoms with Gasteiger partial charge < -0.3 is 14.6 Å². The van der Waals surface area contributed by atoms with Crippen LogP contribution < -0.4 is 4.74 Å². The highest BCUT2D eigenvalue weighted by Gasteiger charge is 2.21. The van der Waals surface area contributed by atoms with Crippen LogP contribution in [0.2, 0.25) is 0 Å². The third kappa shape index (κ3) is 2.49. The molecule has 19 heavy (non-hydrogen) atoms. The molecule has 5 nitrogen and oxygen atoms in total. The van der Waals surface area contributed by atoms with Crippen molar-refractivity contribution in [3.05, 3.63) is 46.5 Å². The maximum absolute atomic E-state index is 12.3. The van der Waals surface area contributed by atoms with Gasteiger partial charge in [0.2, 0.25) is 0 Å². The number of nitrogens with zero attached hydrogens (tertiary/aromatic N) is 2. The van der Waals surface area contributed by atoms with E-state index < -0.39 is 0 Å². The largest absolute Gasteiger partial charge is 0.491 e. The lowest BCUT2D eigenvalue weighted by atomic mass is 10.2. The van der Waals surface area contributed by atoms with E-state index >= 15 is 0 Å². The molecule has 0 saturated heterocycles. The number of nitrogens with one attached hydrogen (secondary N) is 1. The number of carbonyl (C=O) groups excluding carboxylic acids is 1. The minimum atomic E-state index is -0.0612. The van der Waals surface area contributed by atoms with E-state index in [1.54, 1.807) is 4.90 Å². The number of aromatic nitrogens is 2. The quantitative estimate of drug-likeness (QED) is 0.876. The van der Waals surface area contributed by atoms with E-state index in [1.165, 1.54) is 12.5 Å². The molecule has 1 N–H and O–H groups in total. The van der Waals surface area contributed by atoms with Gasteiger partial charge in [0.15, 0.2) is 0 Å². The minimum Gasteiger partial charge on any atom is -0.491 e. The summed E-state index contributed by atoms with van der Waals surface area (Å²) in [6, 6.07) is 5.84. The third-order valence-electron chi connectivity index (χ3n) is 3.02. The van der Waals surface area contributed by atoms with E-state index in [9.17, 15) is 4.79 Å². The molecule has 0 aliphatic carbocycles. The lowest BCUT2D eigenvalue weighted by Crippen LogP contribution is -2.32. The summed E-state index contributed by atoms with van der Waals surface area (Å²) in [7, 11) is 0. The second kappa shape index (κ2) is 5.05. The second-order valence-corrected chi connectivity index (χ2v) is 5.21. The Balaban J connectivity index is 1.87. The fourth-order valence-electron chi connectivity index (χ4n) is 2.08. The van der Waals surface area contributed by atoms with E-state index in [4.69, 9.17) is 4.74 Å². The number of halogens is 1.